The minimum absolute atomic E-state index is 0.0110. The highest BCUT2D eigenvalue weighted by molar-refractivity contribution is 5.82. The summed E-state index contributed by atoms with van der Waals surface area (Å²) in [5.41, 5.74) is 3.26. The van der Waals surface area contributed by atoms with Crippen LogP contribution in [0.1, 0.15) is 68.9 Å². The minimum atomic E-state index is -0.0918. The second kappa shape index (κ2) is 5.83. The molecule has 2 spiro atoms. The Labute approximate surface area is 161 Å². The van der Waals surface area contributed by atoms with Gasteiger partial charge in [-0.3, -0.25) is 9.59 Å². The normalized spacial score (nSPS) is 28.0. The Balaban J connectivity index is 1.12. The SMILES string of the molecule is CC(C)c1cccc(C2CC3(C2)CN(C(=O)C2CC4(COC(=O)C4)C2)C3)c1. The van der Waals surface area contributed by atoms with Crippen LogP contribution in [0.5, 0.6) is 0 Å². The summed E-state index contributed by atoms with van der Waals surface area (Å²) in [5, 5.41) is 0. The predicted molar refractivity (Wildman–Crippen MR) is 102 cm³/mol. The van der Waals surface area contributed by atoms with Gasteiger partial charge in [-0.2, -0.15) is 0 Å². The molecule has 2 aliphatic carbocycles. The lowest BCUT2D eigenvalue weighted by atomic mass is 9.55. The molecule has 0 bridgehead atoms. The molecular weight excluding hydrogens is 338 g/mol. The molecule has 4 aliphatic rings. The van der Waals surface area contributed by atoms with Gasteiger partial charge in [-0.25, -0.2) is 0 Å². The molecule has 27 heavy (non-hydrogen) atoms. The predicted octanol–water partition coefficient (Wildman–Crippen LogP) is 3.86. The number of likely N-dealkylation sites (tertiary alicyclic amines) is 1. The third-order valence-electron chi connectivity index (χ3n) is 7.54. The summed E-state index contributed by atoms with van der Waals surface area (Å²) in [5.74, 6) is 1.58. The van der Waals surface area contributed by atoms with E-state index in [0.29, 0.717) is 36.2 Å². The van der Waals surface area contributed by atoms with E-state index in [0.717, 1.165) is 25.9 Å². The van der Waals surface area contributed by atoms with Crippen molar-refractivity contribution in [2.24, 2.45) is 16.7 Å². The molecule has 4 nitrogen and oxygen atoms in total. The second-order valence-corrected chi connectivity index (χ2v) is 10.1. The minimum Gasteiger partial charge on any atom is -0.465 e. The topological polar surface area (TPSA) is 46.6 Å². The Morgan fingerprint density at radius 1 is 1.15 bits per heavy atom. The summed E-state index contributed by atoms with van der Waals surface area (Å²) in [6, 6.07) is 9.06. The summed E-state index contributed by atoms with van der Waals surface area (Å²) in [6.07, 6.45) is 4.62. The molecule has 0 radical (unpaired) electrons. The van der Waals surface area contributed by atoms with Gasteiger partial charge >= 0.3 is 5.97 Å². The van der Waals surface area contributed by atoms with Crippen LogP contribution in [0.2, 0.25) is 0 Å². The summed E-state index contributed by atoms with van der Waals surface area (Å²) >= 11 is 0. The monoisotopic (exact) mass is 367 g/mol. The molecular formula is C23H29NO3. The van der Waals surface area contributed by atoms with Crippen LogP contribution in [0.3, 0.4) is 0 Å². The molecule has 2 saturated heterocycles. The number of rotatable bonds is 3. The highest BCUT2D eigenvalue weighted by Crippen LogP contribution is 2.58. The van der Waals surface area contributed by atoms with E-state index in [-0.39, 0.29) is 17.3 Å². The standard InChI is InChI=1S/C23H29NO3/c1-15(2)16-4-3-5-17(6-16)18-7-23(8-18)12-24(13-23)21(26)19-9-22(10-19)11-20(25)27-14-22/h3-6,15,18-19H,7-14H2,1-2H3. The molecule has 2 saturated carbocycles. The molecule has 144 valence electrons. The Morgan fingerprint density at radius 2 is 1.89 bits per heavy atom. The average molecular weight is 367 g/mol. The van der Waals surface area contributed by atoms with E-state index < -0.39 is 0 Å². The van der Waals surface area contributed by atoms with Crippen LogP contribution in [0, 0.1) is 16.7 Å². The van der Waals surface area contributed by atoms with Crippen LogP contribution >= 0.6 is 0 Å². The Kier molecular flexibility index (Phi) is 3.73. The fourth-order valence-corrected chi connectivity index (χ4v) is 5.89. The van der Waals surface area contributed by atoms with Crippen molar-refractivity contribution in [3.63, 3.8) is 0 Å². The van der Waals surface area contributed by atoms with E-state index in [1.165, 1.54) is 24.0 Å². The van der Waals surface area contributed by atoms with Crippen molar-refractivity contribution in [3.8, 4) is 0 Å². The van der Waals surface area contributed by atoms with Gasteiger partial charge in [0.25, 0.3) is 0 Å². The van der Waals surface area contributed by atoms with Gasteiger partial charge in [0.15, 0.2) is 0 Å². The van der Waals surface area contributed by atoms with Gasteiger partial charge < -0.3 is 9.64 Å². The van der Waals surface area contributed by atoms with Gasteiger partial charge in [0.1, 0.15) is 0 Å². The third-order valence-corrected chi connectivity index (χ3v) is 7.54. The highest BCUT2D eigenvalue weighted by atomic mass is 16.5. The molecule has 4 fully saturated rings. The zero-order valence-corrected chi connectivity index (χ0v) is 16.4. The van der Waals surface area contributed by atoms with Gasteiger partial charge in [-0.15, -0.1) is 0 Å². The molecule has 1 aromatic carbocycles. The number of nitrogens with zero attached hydrogens (tertiary/aromatic N) is 1. The molecule has 1 amide bonds. The van der Waals surface area contributed by atoms with Crippen LogP contribution in [-0.4, -0.2) is 36.5 Å². The van der Waals surface area contributed by atoms with Crippen molar-refractivity contribution in [1.29, 1.82) is 0 Å². The number of carbonyl (C=O) groups excluding carboxylic acids is 2. The molecule has 2 heterocycles. The smallest absolute Gasteiger partial charge is 0.306 e. The molecule has 5 rings (SSSR count). The van der Waals surface area contributed by atoms with Crippen molar-refractivity contribution in [2.45, 2.75) is 57.8 Å². The molecule has 0 aromatic heterocycles. The van der Waals surface area contributed by atoms with Crippen LogP contribution < -0.4 is 0 Å². The lowest BCUT2D eigenvalue weighted by Crippen LogP contribution is -2.65. The molecule has 4 heteroatoms. The van der Waals surface area contributed by atoms with E-state index >= 15 is 0 Å². The maximum atomic E-state index is 12.7. The Morgan fingerprint density at radius 3 is 2.52 bits per heavy atom. The first-order chi connectivity index (χ1) is 12.9. The maximum Gasteiger partial charge on any atom is 0.306 e. The largest absolute Gasteiger partial charge is 0.465 e. The zero-order chi connectivity index (χ0) is 18.8. The molecule has 0 N–H and O–H groups in total. The van der Waals surface area contributed by atoms with Gasteiger partial charge in [0, 0.05) is 29.8 Å². The van der Waals surface area contributed by atoms with Crippen LogP contribution in [0.15, 0.2) is 24.3 Å². The zero-order valence-electron chi connectivity index (χ0n) is 16.4. The number of benzene rings is 1. The number of esters is 1. The highest BCUT2D eigenvalue weighted by Gasteiger charge is 2.58. The van der Waals surface area contributed by atoms with Crippen molar-refractivity contribution in [2.75, 3.05) is 19.7 Å². The number of ether oxygens (including phenoxy) is 1. The Hall–Kier alpha value is -1.84. The van der Waals surface area contributed by atoms with Crippen LogP contribution in [0.4, 0.5) is 0 Å². The number of hydrogen-bond donors (Lipinski definition) is 0. The summed E-state index contributed by atoms with van der Waals surface area (Å²) in [6.45, 7) is 6.89. The summed E-state index contributed by atoms with van der Waals surface area (Å²) < 4.78 is 5.11. The van der Waals surface area contributed by atoms with Crippen molar-refractivity contribution < 1.29 is 14.3 Å². The summed E-state index contributed by atoms with van der Waals surface area (Å²) in [4.78, 5) is 26.1. The van der Waals surface area contributed by atoms with Gasteiger partial charge in [-0.05, 0) is 48.6 Å². The van der Waals surface area contributed by atoms with Crippen LogP contribution in [-0.2, 0) is 14.3 Å². The first kappa shape index (κ1) is 17.3. The maximum absolute atomic E-state index is 12.7. The van der Waals surface area contributed by atoms with Crippen molar-refractivity contribution in [1.82, 2.24) is 4.90 Å². The third kappa shape index (κ3) is 2.79. The van der Waals surface area contributed by atoms with Crippen LogP contribution in [0.25, 0.3) is 0 Å². The fourth-order valence-electron chi connectivity index (χ4n) is 5.89. The molecule has 0 unspecified atom stereocenters. The van der Waals surface area contributed by atoms with E-state index in [2.05, 4.69) is 43.0 Å². The van der Waals surface area contributed by atoms with Gasteiger partial charge in [-0.1, -0.05) is 38.1 Å². The first-order valence-electron chi connectivity index (χ1n) is 10.4. The van der Waals surface area contributed by atoms with E-state index in [4.69, 9.17) is 4.74 Å². The number of cyclic esters (lactones) is 1. The van der Waals surface area contributed by atoms with Gasteiger partial charge in [0.2, 0.25) is 5.91 Å². The number of hydrogen-bond acceptors (Lipinski definition) is 3. The summed E-state index contributed by atoms with van der Waals surface area (Å²) in [7, 11) is 0. The van der Waals surface area contributed by atoms with E-state index in [9.17, 15) is 9.59 Å². The van der Waals surface area contributed by atoms with E-state index in [1.54, 1.807) is 0 Å². The van der Waals surface area contributed by atoms with Crippen molar-refractivity contribution >= 4 is 11.9 Å². The Bertz CT molecular complexity index is 779. The molecule has 1 aromatic rings. The van der Waals surface area contributed by atoms with Gasteiger partial charge in [0.05, 0.1) is 13.0 Å². The number of carbonyl (C=O) groups is 2. The quantitative estimate of drug-likeness (QED) is 0.762. The molecule has 0 atom stereocenters. The average Bonchev–Trinajstić information content (AvgIpc) is 2.93. The first-order valence-corrected chi connectivity index (χ1v) is 10.4. The lowest BCUT2D eigenvalue weighted by Gasteiger charge is -2.60. The fraction of sp³-hybridized carbons (Fsp3) is 0.652. The van der Waals surface area contributed by atoms with E-state index in [1.807, 2.05) is 0 Å². The second-order valence-electron chi connectivity index (χ2n) is 10.1. The lowest BCUT2D eigenvalue weighted by molar-refractivity contribution is -0.163. The van der Waals surface area contributed by atoms with Crippen molar-refractivity contribution in [3.05, 3.63) is 35.4 Å². The number of amides is 1. The molecule has 2 aliphatic heterocycles.